The molecule has 0 unspecified atom stereocenters. The molecule has 0 spiro atoms. The Hall–Kier alpha value is -2.92. The topological polar surface area (TPSA) is 45.7 Å². The number of likely N-dealkylation sites (N-methyl/N-ethyl adjacent to an activating group) is 1. The van der Waals surface area contributed by atoms with Crippen LogP contribution in [0.2, 0.25) is 0 Å². The third-order valence-corrected chi connectivity index (χ3v) is 5.52. The first-order valence-electron chi connectivity index (χ1n) is 9.31. The molecular formula is C22H21N3O2. The van der Waals surface area contributed by atoms with Crippen molar-refractivity contribution in [3.63, 3.8) is 0 Å². The van der Waals surface area contributed by atoms with E-state index in [-0.39, 0.29) is 18.1 Å². The van der Waals surface area contributed by atoms with E-state index in [0.717, 1.165) is 34.6 Å². The molecule has 136 valence electrons. The minimum atomic E-state index is -0.179. The fourth-order valence-corrected chi connectivity index (χ4v) is 4.14. The molecule has 27 heavy (non-hydrogen) atoms. The number of anilines is 1. The van der Waals surface area contributed by atoms with E-state index in [0.29, 0.717) is 13.0 Å². The highest BCUT2D eigenvalue weighted by molar-refractivity contribution is 5.98. The van der Waals surface area contributed by atoms with E-state index >= 15 is 0 Å². The fourth-order valence-electron chi connectivity index (χ4n) is 4.14. The van der Waals surface area contributed by atoms with Gasteiger partial charge in [-0.3, -0.25) is 14.7 Å². The number of aromatic nitrogens is 1. The van der Waals surface area contributed by atoms with Crippen LogP contribution >= 0.6 is 0 Å². The van der Waals surface area contributed by atoms with Crippen LogP contribution in [0.15, 0.2) is 60.7 Å². The standard InChI is InChI=1S/C22H21N3O2/c1-24-19-8-4-5-9-21(19)27-17-12-20(22(24)26)25(14-17)13-16-11-10-15-6-2-3-7-18(15)23-16/h2-11,17,20H,12-14H2,1H3/t17-,20-/m0/s1. The molecule has 0 N–H and O–H groups in total. The minimum absolute atomic E-state index is 0.0225. The number of rotatable bonds is 2. The van der Waals surface area contributed by atoms with Crippen LogP contribution in [0.1, 0.15) is 12.1 Å². The maximum Gasteiger partial charge on any atom is 0.244 e. The second kappa shape index (κ2) is 6.35. The van der Waals surface area contributed by atoms with E-state index in [1.807, 2.05) is 49.5 Å². The molecule has 5 rings (SSSR count). The van der Waals surface area contributed by atoms with Crippen molar-refractivity contribution in [2.45, 2.75) is 25.1 Å². The molecule has 5 nitrogen and oxygen atoms in total. The van der Waals surface area contributed by atoms with Gasteiger partial charge in [-0.2, -0.15) is 0 Å². The zero-order valence-corrected chi connectivity index (χ0v) is 15.2. The van der Waals surface area contributed by atoms with Crippen molar-refractivity contribution in [1.82, 2.24) is 9.88 Å². The van der Waals surface area contributed by atoms with E-state index in [9.17, 15) is 4.79 Å². The van der Waals surface area contributed by atoms with E-state index < -0.39 is 0 Å². The van der Waals surface area contributed by atoms with Crippen LogP contribution in [0.25, 0.3) is 10.9 Å². The molecule has 2 aliphatic rings. The third-order valence-electron chi connectivity index (χ3n) is 5.52. The lowest BCUT2D eigenvalue weighted by atomic mass is 10.1. The average Bonchev–Trinajstić information content (AvgIpc) is 3.09. The molecule has 0 saturated carbocycles. The van der Waals surface area contributed by atoms with Crippen molar-refractivity contribution >= 4 is 22.5 Å². The lowest BCUT2D eigenvalue weighted by molar-refractivity contribution is -0.122. The lowest BCUT2D eigenvalue weighted by Gasteiger charge is -2.29. The molecule has 2 bridgehead atoms. The Balaban J connectivity index is 1.44. The molecule has 3 aromatic rings. The van der Waals surface area contributed by atoms with Gasteiger partial charge in [0.15, 0.2) is 0 Å². The first-order valence-corrected chi connectivity index (χ1v) is 9.31. The monoisotopic (exact) mass is 359 g/mol. The second-order valence-electron chi connectivity index (χ2n) is 7.28. The van der Waals surface area contributed by atoms with Gasteiger partial charge in [0, 0.05) is 31.9 Å². The number of benzene rings is 2. The summed E-state index contributed by atoms with van der Waals surface area (Å²) in [5.74, 6) is 0.900. The normalized spacial score (nSPS) is 22.3. The Morgan fingerprint density at radius 1 is 1.07 bits per heavy atom. The quantitative estimate of drug-likeness (QED) is 0.705. The van der Waals surface area contributed by atoms with Crippen molar-refractivity contribution in [1.29, 1.82) is 0 Å². The first-order chi connectivity index (χ1) is 13.2. The second-order valence-corrected chi connectivity index (χ2v) is 7.28. The van der Waals surface area contributed by atoms with E-state index in [1.54, 1.807) is 4.90 Å². The van der Waals surface area contributed by atoms with Crippen molar-refractivity contribution in [3.05, 3.63) is 66.4 Å². The predicted octanol–water partition coefficient (Wildman–Crippen LogP) is 3.23. The minimum Gasteiger partial charge on any atom is -0.487 e. The van der Waals surface area contributed by atoms with Gasteiger partial charge in [0.05, 0.1) is 22.9 Å². The van der Waals surface area contributed by atoms with E-state index in [1.165, 1.54) is 0 Å². The van der Waals surface area contributed by atoms with Gasteiger partial charge < -0.3 is 9.64 Å². The highest BCUT2D eigenvalue weighted by Crippen LogP contribution is 2.35. The Bertz CT molecular complexity index is 1020. The SMILES string of the molecule is CN1C(=O)[C@@H]2C[C@@H](CN2Cc2ccc3ccccc3n2)Oc2ccccc21. The number of para-hydroxylation sites is 3. The summed E-state index contributed by atoms with van der Waals surface area (Å²) >= 11 is 0. The number of likely N-dealkylation sites (tertiary alicyclic amines) is 1. The summed E-state index contributed by atoms with van der Waals surface area (Å²) in [6.07, 6.45) is 0.736. The van der Waals surface area contributed by atoms with Gasteiger partial charge in [-0.1, -0.05) is 36.4 Å². The predicted molar refractivity (Wildman–Crippen MR) is 105 cm³/mol. The number of carbonyl (C=O) groups excluding carboxylic acids is 1. The number of ether oxygens (including phenoxy) is 1. The number of amides is 1. The van der Waals surface area contributed by atoms with Gasteiger partial charge >= 0.3 is 0 Å². The van der Waals surface area contributed by atoms with Crippen molar-refractivity contribution in [3.8, 4) is 5.75 Å². The third kappa shape index (κ3) is 2.84. The van der Waals surface area contributed by atoms with Crippen LogP contribution in [-0.2, 0) is 11.3 Å². The van der Waals surface area contributed by atoms with Gasteiger partial charge in [0.2, 0.25) is 5.91 Å². The molecule has 2 aromatic carbocycles. The molecule has 1 amide bonds. The zero-order chi connectivity index (χ0) is 18.4. The summed E-state index contributed by atoms with van der Waals surface area (Å²) in [5, 5.41) is 1.13. The molecule has 0 aliphatic carbocycles. The molecule has 2 aliphatic heterocycles. The van der Waals surface area contributed by atoms with E-state index in [4.69, 9.17) is 9.72 Å². The Morgan fingerprint density at radius 3 is 2.81 bits per heavy atom. The molecule has 1 aromatic heterocycles. The van der Waals surface area contributed by atoms with Gasteiger partial charge in [-0.25, -0.2) is 0 Å². The fraction of sp³-hybridized carbons (Fsp3) is 0.273. The number of carbonyl (C=O) groups is 1. The first kappa shape index (κ1) is 16.3. The van der Waals surface area contributed by atoms with Crippen LogP contribution in [-0.4, -0.2) is 41.5 Å². The van der Waals surface area contributed by atoms with Crippen molar-refractivity contribution < 1.29 is 9.53 Å². The highest BCUT2D eigenvalue weighted by atomic mass is 16.5. The van der Waals surface area contributed by atoms with Crippen molar-refractivity contribution in [2.75, 3.05) is 18.5 Å². The number of pyridine rings is 1. The Morgan fingerprint density at radius 2 is 1.89 bits per heavy atom. The zero-order valence-electron chi connectivity index (χ0n) is 15.2. The number of nitrogens with zero attached hydrogens (tertiary/aromatic N) is 3. The van der Waals surface area contributed by atoms with Crippen LogP contribution in [0.4, 0.5) is 5.69 Å². The highest BCUT2D eigenvalue weighted by Gasteiger charge is 2.41. The van der Waals surface area contributed by atoms with Gasteiger partial charge in [-0.05, 0) is 24.3 Å². The van der Waals surface area contributed by atoms with Gasteiger partial charge in [0.1, 0.15) is 11.9 Å². The maximum absolute atomic E-state index is 13.1. The van der Waals surface area contributed by atoms with Crippen molar-refractivity contribution in [2.24, 2.45) is 0 Å². The van der Waals surface area contributed by atoms with Crippen LogP contribution in [0.5, 0.6) is 5.75 Å². The smallest absolute Gasteiger partial charge is 0.244 e. The maximum atomic E-state index is 13.1. The summed E-state index contributed by atoms with van der Waals surface area (Å²) in [5.41, 5.74) is 2.80. The Kier molecular flexibility index (Phi) is 3.83. The lowest BCUT2D eigenvalue weighted by Crippen LogP contribution is -2.44. The average molecular weight is 359 g/mol. The number of hydrogen-bond donors (Lipinski definition) is 0. The summed E-state index contributed by atoms with van der Waals surface area (Å²) < 4.78 is 6.23. The van der Waals surface area contributed by atoms with Crippen LogP contribution in [0.3, 0.4) is 0 Å². The molecule has 5 heteroatoms. The van der Waals surface area contributed by atoms with E-state index in [2.05, 4.69) is 23.1 Å². The molecular weight excluding hydrogens is 338 g/mol. The van der Waals surface area contributed by atoms with Crippen LogP contribution in [0, 0.1) is 0 Å². The number of fused-ring (bicyclic) bond motifs is 4. The van der Waals surface area contributed by atoms with Crippen LogP contribution < -0.4 is 9.64 Å². The molecule has 3 heterocycles. The summed E-state index contributed by atoms with van der Waals surface area (Å²) in [6, 6.07) is 19.8. The summed E-state index contributed by atoms with van der Waals surface area (Å²) in [4.78, 5) is 21.8. The molecule has 1 saturated heterocycles. The summed E-state index contributed by atoms with van der Waals surface area (Å²) in [6.45, 7) is 1.37. The largest absolute Gasteiger partial charge is 0.487 e. The molecule has 2 atom stereocenters. The Labute approximate surface area is 158 Å². The summed E-state index contributed by atoms with van der Waals surface area (Å²) in [7, 11) is 1.83. The molecule has 0 radical (unpaired) electrons. The van der Waals surface area contributed by atoms with Gasteiger partial charge in [0.25, 0.3) is 0 Å². The van der Waals surface area contributed by atoms with Gasteiger partial charge in [-0.15, -0.1) is 0 Å². The number of hydrogen-bond acceptors (Lipinski definition) is 4. The molecule has 1 fully saturated rings.